The van der Waals surface area contributed by atoms with Crippen molar-refractivity contribution in [2.24, 2.45) is 0 Å². The number of methoxy groups -OCH3 is 1. The Morgan fingerprint density at radius 3 is 2.72 bits per heavy atom. The van der Waals surface area contributed by atoms with Crippen LogP contribution in [0.2, 0.25) is 0 Å². The summed E-state index contributed by atoms with van der Waals surface area (Å²) in [6, 6.07) is 14.8. The summed E-state index contributed by atoms with van der Waals surface area (Å²) >= 11 is -1.40. The lowest BCUT2D eigenvalue weighted by atomic mass is 10.1. The number of rotatable bonds is 12. The molecule has 0 radical (unpaired) electrons. The average molecular weight is 551 g/mol. The summed E-state index contributed by atoms with van der Waals surface area (Å²) in [5, 5.41) is 12.9. The van der Waals surface area contributed by atoms with Gasteiger partial charge in [-0.15, -0.1) is 4.72 Å². The van der Waals surface area contributed by atoms with Crippen LogP contribution in [0.3, 0.4) is 0 Å². The average Bonchev–Trinajstić information content (AvgIpc) is 2.96. The third kappa shape index (κ3) is 8.05. The molecule has 0 aliphatic carbocycles. The van der Waals surface area contributed by atoms with E-state index in [4.69, 9.17) is 14.2 Å². The molecule has 10 nitrogen and oxygen atoms in total. The molecule has 2 heterocycles. The first-order chi connectivity index (χ1) is 19.0. The maximum atomic E-state index is 12.8. The molecule has 206 valence electrons. The second-order valence-corrected chi connectivity index (χ2v) is 10.6. The maximum Gasteiger partial charge on any atom is 0.227 e. The molecule has 0 bridgehead atoms. The van der Waals surface area contributed by atoms with Gasteiger partial charge in [-0.25, -0.2) is 9.97 Å². The lowest BCUT2D eigenvalue weighted by Crippen LogP contribution is -2.27. The Morgan fingerprint density at radius 2 is 1.97 bits per heavy atom. The van der Waals surface area contributed by atoms with Gasteiger partial charge in [-0.2, -0.15) is 5.26 Å². The molecule has 2 N–H and O–H groups in total. The van der Waals surface area contributed by atoms with Gasteiger partial charge in [0.05, 0.1) is 42.9 Å². The normalized spacial score (nSPS) is 14.6. The molecule has 39 heavy (non-hydrogen) atoms. The van der Waals surface area contributed by atoms with Gasteiger partial charge in [0.15, 0.2) is 5.75 Å². The Hall–Kier alpha value is -3.40. The third-order valence-electron chi connectivity index (χ3n) is 6.15. The van der Waals surface area contributed by atoms with E-state index in [-0.39, 0.29) is 6.10 Å². The molecular weight excluding hydrogens is 516 g/mol. The molecule has 1 aliphatic heterocycles. The third-order valence-corrected chi connectivity index (χ3v) is 7.35. The van der Waals surface area contributed by atoms with E-state index in [1.54, 1.807) is 37.6 Å². The highest BCUT2D eigenvalue weighted by molar-refractivity contribution is 7.89. The Bertz CT molecular complexity index is 1280. The molecular formula is C28H34N6O4S. The zero-order chi connectivity index (χ0) is 27.6. The van der Waals surface area contributed by atoms with E-state index in [9.17, 15) is 9.81 Å². The maximum absolute atomic E-state index is 12.8. The minimum absolute atomic E-state index is 0.0474. The highest BCUT2D eigenvalue weighted by atomic mass is 32.2. The highest BCUT2D eigenvalue weighted by Crippen LogP contribution is 2.30. The molecule has 1 unspecified atom stereocenters. The summed E-state index contributed by atoms with van der Waals surface area (Å²) in [5.41, 5.74) is 2.58. The van der Waals surface area contributed by atoms with Crippen molar-refractivity contribution >= 4 is 23.0 Å². The van der Waals surface area contributed by atoms with E-state index < -0.39 is 11.4 Å². The number of nitrogens with zero attached hydrogens (tertiary/aromatic N) is 4. The van der Waals surface area contributed by atoms with Gasteiger partial charge in [-0.1, -0.05) is 0 Å². The zero-order valence-electron chi connectivity index (χ0n) is 22.5. The van der Waals surface area contributed by atoms with Crippen molar-refractivity contribution in [2.75, 3.05) is 52.8 Å². The van der Waals surface area contributed by atoms with Crippen molar-refractivity contribution in [2.45, 2.75) is 30.3 Å². The number of ether oxygens (including phenoxy) is 3. The monoisotopic (exact) mass is 550 g/mol. The van der Waals surface area contributed by atoms with Crippen LogP contribution in [-0.4, -0.2) is 73.0 Å². The number of anilines is 2. The molecule has 1 fully saturated rings. The number of hydrogen-bond acceptors (Lipinski definition) is 10. The SMILES string of the molecule is COc1cc(Nc2nccc(-c3ccc(OC4CCOCC4)c(C#N)c3)n2)ccc1[S+]([O-])NCCCN(C)C. The van der Waals surface area contributed by atoms with Crippen molar-refractivity contribution in [3.05, 3.63) is 54.2 Å². The summed E-state index contributed by atoms with van der Waals surface area (Å²) in [4.78, 5) is 11.6. The van der Waals surface area contributed by atoms with Crippen molar-refractivity contribution in [1.82, 2.24) is 19.6 Å². The molecule has 2 aromatic carbocycles. The van der Waals surface area contributed by atoms with Crippen molar-refractivity contribution in [3.63, 3.8) is 0 Å². The Labute approximate surface area is 232 Å². The summed E-state index contributed by atoms with van der Waals surface area (Å²) in [5.74, 6) is 1.44. The van der Waals surface area contributed by atoms with Crippen LogP contribution in [0, 0.1) is 11.3 Å². The predicted molar refractivity (Wildman–Crippen MR) is 151 cm³/mol. The summed E-state index contributed by atoms with van der Waals surface area (Å²) in [6.45, 7) is 2.88. The van der Waals surface area contributed by atoms with Crippen molar-refractivity contribution in [3.8, 4) is 28.8 Å². The second kappa shape index (κ2) is 14.1. The minimum Gasteiger partial charge on any atom is -0.593 e. The van der Waals surface area contributed by atoms with Crippen LogP contribution in [-0.2, 0) is 16.1 Å². The van der Waals surface area contributed by atoms with E-state index in [0.717, 1.165) is 31.4 Å². The fourth-order valence-electron chi connectivity index (χ4n) is 4.10. The van der Waals surface area contributed by atoms with E-state index in [0.29, 0.717) is 59.0 Å². The Kier molecular flexibility index (Phi) is 10.4. The lowest BCUT2D eigenvalue weighted by Gasteiger charge is -2.23. The highest BCUT2D eigenvalue weighted by Gasteiger charge is 2.19. The van der Waals surface area contributed by atoms with Crippen molar-refractivity contribution in [1.29, 1.82) is 5.26 Å². The topological polar surface area (TPSA) is 128 Å². The van der Waals surface area contributed by atoms with Gasteiger partial charge in [-0.3, -0.25) is 0 Å². The van der Waals surface area contributed by atoms with Gasteiger partial charge in [-0.05, 0) is 57.4 Å². The second-order valence-electron chi connectivity index (χ2n) is 9.33. The molecule has 1 atom stereocenters. The van der Waals surface area contributed by atoms with Gasteiger partial charge in [0.1, 0.15) is 17.9 Å². The van der Waals surface area contributed by atoms with Gasteiger partial charge in [0, 0.05) is 49.0 Å². The summed E-state index contributed by atoms with van der Waals surface area (Å²) in [7, 11) is 5.56. The number of nitrogens with one attached hydrogen (secondary N) is 2. The molecule has 4 rings (SSSR count). The molecule has 1 aromatic heterocycles. The predicted octanol–water partition coefficient (Wildman–Crippen LogP) is 3.89. The fraction of sp³-hybridized carbons (Fsp3) is 0.393. The van der Waals surface area contributed by atoms with Crippen LogP contribution in [0.4, 0.5) is 11.6 Å². The van der Waals surface area contributed by atoms with E-state index in [2.05, 4.69) is 31.0 Å². The van der Waals surface area contributed by atoms with Crippen LogP contribution in [0.5, 0.6) is 11.5 Å². The Balaban J connectivity index is 1.45. The van der Waals surface area contributed by atoms with Gasteiger partial charge >= 0.3 is 0 Å². The van der Waals surface area contributed by atoms with E-state index in [1.165, 1.54) is 0 Å². The quantitative estimate of drug-likeness (QED) is 0.253. The number of benzene rings is 2. The van der Waals surface area contributed by atoms with Crippen LogP contribution in [0.25, 0.3) is 11.3 Å². The van der Waals surface area contributed by atoms with Gasteiger partial charge in [0.2, 0.25) is 10.8 Å². The standard InChI is InChI=1S/C28H34N6O4S/c1-34(2)14-4-12-31-39(35)27-8-6-22(18-26(27)36-3)32-28-30-13-9-24(33-28)20-5-7-25(21(17-20)19-29)38-23-10-15-37-16-11-23/h5-9,13,17-18,23,31H,4,10-12,14-16H2,1-3H3,(H,30,32,33). The molecule has 1 saturated heterocycles. The van der Waals surface area contributed by atoms with E-state index >= 15 is 0 Å². The number of nitriles is 1. The largest absolute Gasteiger partial charge is 0.593 e. The molecule has 3 aromatic rings. The summed E-state index contributed by atoms with van der Waals surface area (Å²) in [6.07, 6.45) is 4.20. The van der Waals surface area contributed by atoms with Gasteiger partial charge < -0.3 is 29.0 Å². The van der Waals surface area contributed by atoms with Crippen LogP contribution >= 0.6 is 0 Å². The van der Waals surface area contributed by atoms with Crippen molar-refractivity contribution < 1.29 is 18.8 Å². The zero-order valence-corrected chi connectivity index (χ0v) is 23.3. The minimum atomic E-state index is -1.40. The van der Waals surface area contributed by atoms with Crippen LogP contribution < -0.4 is 19.5 Å². The number of aromatic nitrogens is 2. The lowest BCUT2D eigenvalue weighted by molar-refractivity contribution is 0.0254. The van der Waals surface area contributed by atoms with Gasteiger partial charge in [0.25, 0.3) is 0 Å². The molecule has 11 heteroatoms. The first-order valence-electron chi connectivity index (χ1n) is 12.8. The first-order valence-corrected chi connectivity index (χ1v) is 14.0. The first kappa shape index (κ1) is 28.6. The van der Waals surface area contributed by atoms with Crippen LogP contribution in [0.15, 0.2) is 53.6 Å². The smallest absolute Gasteiger partial charge is 0.227 e. The molecule has 0 saturated carbocycles. The molecule has 0 spiro atoms. The Morgan fingerprint density at radius 1 is 1.15 bits per heavy atom. The van der Waals surface area contributed by atoms with Crippen LogP contribution in [0.1, 0.15) is 24.8 Å². The van der Waals surface area contributed by atoms with E-state index in [1.807, 2.05) is 32.3 Å². The number of hydrogen-bond donors (Lipinski definition) is 2. The fourth-order valence-corrected chi connectivity index (χ4v) is 5.10. The molecule has 1 aliphatic rings. The summed E-state index contributed by atoms with van der Waals surface area (Å²) < 4.78 is 32.8. The molecule has 0 amide bonds.